The molecule has 142 valence electrons. The van der Waals surface area contributed by atoms with Crippen LogP contribution >= 0.6 is 11.6 Å². The number of nitrogens with zero attached hydrogens (tertiary/aromatic N) is 2. The van der Waals surface area contributed by atoms with Gasteiger partial charge in [0.2, 0.25) is 6.79 Å². The predicted molar refractivity (Wildman–Crippen MR) is 98.8 cm³/mol. The van der Waals surface area contributed by atoms with Crippen LogP contribution in [0, 0.1) is 0 Å². The van der Waals surface area contributed by atoms with E-state index in [2.05, 4.69) is 0 Å². The van der Waals surface area contributed by atoms with E-state index in [4.69, 9.17) is 21.1 Å². The maximum atomic E-state index is 12.9. The first-order chi connectivity index (χ1) is 13.5. The lowest BCUT2D eigenvalue weighted by Gasteiger charge is -2.22. The molecule has 3 amide bonds. The van der Waals surface area contributed by atoms with Crippen molar-refractivity contribution in [3.05, 3.63) is 58.1 Å². The van der Waals surface area contributed by atoms with Crippen molar-refractivity contribution >= 4 is 29.3 Å². The van der Waals surface area contributed by atoms with Crippen LogP contribution in [0.3, 0.4) is 0 Å². The van der Waals surface area contributed by atoms with Gasteiger partial charge in [-0.2, -0.15) is 0 Å². The van der Waals surface area contributed by atoms with Gasteiger partial charge in [-0.15, -0.1) is 0 Å². The number of benzene rings is 2. The molecule has 3 heterocycles. The van der Waals surface area contributed by atoms with Gasteiger partial charge in [-0.05, 0) is 36.8 Å². The summed E-state index contributed by atoms with van der Waals surface area (Å²) < 4.78 is 10.6. The van der Waals surface area contributed by atoms with E-state index < -0.39 is 5.91 Å². The van der Waals surface area contributed by atoms with E-state index in [0.29, 0.717) is 35.6 Å². The number of ether oxygens (including phenoxy) is 2. The molecule has 2 aromatic rings. The molecule has 1 saturated heterocycles. The molecule has 3 aliphatic rings. The third-order valence-electron chi connectivity index (χ3n) is 5.33. The summed E-state index contributed by atoms with van der Waals surface area (Å²) in [5, 5.41) is 0.268. The maximum absolute atomic E-state index is 12.9. The van der Waals surface area contributed by atoms with Crippen molar-refractivity contribution in [1.82, 2.24) is 9.80 Å². The highest BCUT2D eigenvalue weighted by atomic mass is 35.5. The van der Waals surface area contributed by atoms with Gasteiger partial charge in [0, 0.05) is 18.7 Å². The van der Waals surface area contributed by atoms with Crippen LogP contribution in [0.15, 0.2) is 36.4 Å². The first kappa shape index (κ1) is 17.1. The molecule has 1 unspecified atom stereocenters. The van der Waals surface area contributed by atoms with E-state index in [1.165, 1.54) is 4.90 Å². The van der Waals surface area contributed by atoms with Gasteiger partial charge in [-0.3, -0.25) is 19.3 Å². The molecule has 2 aromatic carbocycles. The van der Waals surface area contributed by atoms with E-state index in [1.54, 1.807) is 41.3 Å². The number of halogens is 1. The lowest BCUT2D eigenvalue weighted by molar-refractivity contribution is 0.0575. The number of imide groups is 1. The lowest BCUT2D eigenvalue weighted by Crippen LogP contribution is -2.42. The predicted octanol–water partition coefficient (Wildman–Crippen LogP) is 2.58. The number of likely N-dealkylation sites (tertiary alicyclic amines) is 1. The van der Waals surface area contributed by atoms with Gasteiger partial charge in [0.1, 0.15) is 0 Å². The number of carbonyl (C=O) groups excluding carboxylic acids is 3. The normalized spacial score (nSPS) is 20.1. The number of hydrogen-bond acceptors (Lipinski definition) is 5. The van der Waals surface area contributed by atoms with E-state index in [1.807, 2.05) is 0 Å². The topological polar surface area (TPSA) is 76.2 Å². The Hall–Kier alpha value is -3.06. The van der Waals surface area contributed by atoms with Crippen LogP contribution in [-0.4, -0.2) is 53.4 Å². The number of hydrogen-bond donors (Lipinski definition) is 0. The Morgan fingerprint density at radius 1 is 1.07 bits per heavy atom. The van der Waals surface area contributed by atoms with E-state index in [9.17, 15) is 14.4 Å². The van der Waals surface area contributed by atoms with Gasteiger partial charge < -0.3 is 14.4 Å². The Morgan fingerprint density at radius 3 is 2.71 bits per heavy atom. The molecule has 0 aromatic heterocycles. The number of carbonyl (C=O) groups is 3. The van der Waals surface area contributed by atoms with Crippen LogP contribution in [0.4, 0.5) is 0 Å². The van der Waals surface area contributed by atoms with Gasteiger partial charge in [0.25, 0.3) is 17.7 Å². The summed E-state index contributed by atoms with van der Waals surface area (Å²) in [4.78, 5) is 41.3. The van der Waals surface area contributed by atoms with Gasteiger partial charge in [-0.1, -0.05) is 17.7 Å². The lowest BCUT2D eigenvalue weighted by atomic mass is 10.1. The van der Waals surface area contributed by atoms with Crippen molar-refractivity contribution in [1.29, 1.82) is 0 Å². The number of amides is 3. The van der Waals surface area contributed by atoms with Crippen molar-refractivity contribution in [2.24, 2.45) is 0 Å². The monoisotopic (exact) mass is 398 g/mol. The fraction of sp³-hybridized carbons (Fsp3) is 0.250. The van der Waals surface area contributed by atoms with Crippen molar-refractivity contribution in [2.75, 3.05) is 19.9 Å². The largest absolute Gasteiger partial charge is 0.454 e. The van der Waals surface area contributed by atoms with Crippen LogP contribution in [0.2, 0.25) is 5.02 Å². The fourth-order valence-electron chi connectivity index (χ4n) is 3.94. The zero-order valence-electron chi connectivity index (χ0n) is 14.7. The Balaban J connectivity index is 1.35. The zero-order valence-corrected chi connectivity index (χ0v) is 15.4. The average molecular weight is 399 g/mol. The summed E-state index contributed by atoms with van der Waals surface area (Å²) in [5.41, 5.74) is 1.04. The van der Waals surface area contributed by atoms with Gasteiger partial charge in [0.15, 0.2) is 11.5 Å². The zero-order chi connectivity index (χ0) is 19.4. The second-order valence-electron chi connectivity index (χ2n) is 6.90. The van der Waals surface area contributed by atoms with Gasteiger partial charge in [0.05, 0.1) is 22.2 Å². The summed E-state index contributed by atoms with van der Waals surface area (Å²) >= 11 is 6.12. The van der Waals surface area contributed by atoms with Crippen molar-refractivity contribution < 1.29 is 23.9 Å². The molecule has 0 aliphatic carbocycles. The smallest absolute Gasteiger partial charge is 0.263 e. The van der Waals surface area contributed by atoms with E-state index >= 15 is 0 Å². The molecular weight excluding hydrogens is 384 g/mol. The van der Waals surface area contributed by atoms with Crippen molar-refractivity contribution in [3.63, 3.8) is 0 Å². The molecule has 5 rings (SSSR count). The summed E-state index contributed by atoms with van der Waals surface area (Å²) in [7, 11) is 0. The molecule has 7 nitrogen and oxygen atoms in total. The number of fused-ring (bicyclic) bond motifs is 2. The molecule has 8 heteroatoms. The minimum absolute atomic E-state index is 0.140. The second kappa shape index (κ2) is 6.24. The highest BCUT2D eigenvalue weighted by Crippen LogP contribution is 2.35. The van der Waals surface area contributed by atoms with Crippen molar-refractivity contribution in [2.45, 2.75) is 12.5 Å². The first-order valence-corrected chi connectivity index (χ1v) is 9.27. The van der Waals surface area contributed by atoms with Crippen LogP contribution in [0.25, 0.3) is 0 Å². The Labute approximate surface area is 165 Å². The van der Waals surface area contributed by atoms with Crippen LogP contribution in [-0.2, 0) is 0 Å². The molecule has 0 spiro atoms. The van der Waals surface area contributed by atoms with E-state index in [0.717, 1.165) is 0 Å². The molecule has 0 radical (unpaired) electrons. The van der Waals surface area contributed by atoms with Crippen molar-refractivity contribution in [3.8, 4) is 11.5 Å². The highest BCUT2D eigenvalue weighted by Gasteiger charge is 2.44. The van der Waals surface area contributed by atoms with Crippen LogP contribution in [0.1, 0.15) is 37.5 Å². The standard InChI is InChI=1S/C20H15ClN2O5/c21-14-3-1-2-13-17(14)20(26)23(19(13)25)12-6-7-22(9-12)18(24)11-4-5-15-16(8-11)28-10-27-15/h1-5,8,12H,6-7,9-10H2. The summed E-state index contributed by atoms with van der Waals surface area (Å²) in [6.07, 6.45) is 0.527. The molecule has 28 heavy (non-hydrogen) atoms. The Bertz CT molecular complexity index is 1040. The molecule has 0 saturated carbocycles. The average Bonchev–Trinajstić information content (AvgIpc) is 3.40. The summed E-state index contributed by atoms with van der Waals surface area (Å²) in [5.74, 6) is 0.226. The molecule has 3 aliphatic heterocycles. The minimum Gasteiger partial charge on any atom is -0.454 e. The third kappa shape index (κ3) is 2.46. The second-order valence-corrected chi connectivity index (χ2v) is 7.31. The van der Waals surface area contributed by atoms with Crippen LogP contribution < -0.4 is 9.47 Å². The van der Waals surface area contributed by atoms with Crippen LogP contribution in [0.5, 0.6) is 11.5 Å². The van der Waals surface area contributed by atoms with Gasteiger partial charge in [-0.25, -0.2) is 0 Å². The van der Waals surface area contributed by atoms with Gasteiger partial charge >= 0.3 is 0 Å². The van der Waals surface area contributed by atoms with E-state index in [-0.39, 0.29) is 41.8 Å². The highest BCUT2D eigenvalue weighted by molar-refractivity contribution is 6.37. The molecule has 1 fully saturated rings. The summed E-state index contributed by atoms with van der Waals surface area (Å²) in [6, 6.07) is 9.52. The third-order valence-corrected chi connectivity index (χ3v) is 5.65. The SMILES string of the molecule is O=C(c1ccc2c(c1)OCO2)N1CCC(N2C(=O)c3cccc(Cl)c3C2=O)C1. The quantitative estimate of drug-likeness (QED) is 0.727. The molecule has 0 bridgehead atoms. The first-order valence-electron chi connectivity index (χ1n) is 8.90. The number of rotatable bonds is 2. The Morgan fingerprint density at radius 2 is 1.89 bits per heavy atom. The fourth-order valence-corrected chi connectivity index (χ4v) is 4.20. The Kier molecular flexibility index (Phi) is 3.80. The minimum atomic E-state index is -0.395. The molecular formula is C20H15ClN2O5. The molecule has 1 atom stereocenters. The summed E-state index contributed by atoms with van der Waals surface area (Å²) in [6.45, 7) is 0.885. The maximum Gasteiger partial charge on any atom is 0.263 e. The molecule has 0 N–H and O–H groups in total.